The highest BCUT2D eigenvalue weighted by Crippen LogP contribution is 2.25. The van der Waals surface area contributed by atoms with Crippen molar-refractivity contribution < 1.29 is 18.0 Å². The van der Waals surface area contributed by atoms with Gasteiger partial charge in [-0.3, -0.25) is 13.9 Å². The average molecular weight is 635 g/mol. The molecule has 0 aliphatic rings. The van der Waals surface area contributed by atoms with E-state index < -0.39 is 28.5 Å². The average Bonchev–Trinajstić information content (AvgIpc) is 2.86. The Morgan fingerprint density at radius 3 is 2.23 bits per heavy atom. The van der Waals surface area contributed by atoms with Crippen molar-refractivity contribution in [2.45, 2.75) is 45.8 Å². The van der Waals surface area contributed by atoms with Crippen molar-refractivity contribution in [2.24, 2.45) is 0 Å². The van der Waals surface area contributed by atoms with E-state index in [1.165, 1.54) is 4.90 Å². The van der Waals surface area contributed by atoms with Gasteiger partial charge in [0.1, 0.15) is 12.6 Å². The highest BCUT2D eigenvalue weighted by atomic mass is 79.9. The van der Waals surface area contributed by atoms with Crippen LogP contribution < -0.4 is 9.62 Å². The number of halogens is 2. The fourth-order valence-electron chi connectivity index (χ4n) is 4.16. The predicted molar refractivity (Wildman–Crippen MR) is 160 cm³/mol. The van der Waals surface area contributed by atoms with E-state index in [4.69, 9.17) is 11.6 Å². The second kappa shape index (κ2) is 13.5. The number of benzene rings is 3. The van der Waals surface area contributed by atoms with E-state index in [1.807, 2.05) is 57.2 Å². The number of nitrogens with one attached hydrogen (secondary N) is 1. The van der Waals surface area contributed by atoms with Crippen LogP contribution in [-0.4, -0.2) is 50.0 Å². The van der Waals surface area contributed by atoms with Crippen molar-refractivity contribution in [3.8, 4) is 0 Å². The first-order valence-corrected chi connectivity index (χ1v) is 15.5. The minimum atomic E-state index is -3.83. The molecular formula is C29H33BrClN3O4S. The summed E-state index contributed by atoms with van der Waals surface area (Å²) in [5.74, 6) is -0.838. The summed E-state index contributed by atoms with van der Waals surface area (Å²) in [6, 6.07) is 20.5. The quantitative estimate of drug-likeness (QED) is 0.309. The highest BCUT2D eigenvalue weighted by molar-refractivity contribution is 9.10. The van der Waals surface area contributed by atoms with E-state index >= 15 is 0 Å². The molecule has 0 spiro atoms. The topological polar surface area (TPSA) is 86.8 Å². The highest BCUT2D eigenvalue weighted by Gasteiger charge is 2.33. The molecule has 0 radical (unpaired) electrons. The van der Waals surface area contributed by atoms with Crippen molar-refractivity contribution >= 4 is 55.1 Å². The maximum atomic E-state index is 14.0. The standard InChI is InChI=1S/C29H33BrClN3O4S/c1-20(2)32-29(36)27(17-22-9-6-5-7-10-22)33(18-23-11-8-12-24(31)16-23)28(35)19-34(39(4,37)38)25-13-14-26(30)21(3)15-25/h5-16,20,27H,17-19H2,1-4H3,(H,32,36)/t27-/m0/s1. The number of aryl methyl sites for hydroxylation is 1. The molecular weight excluding hydrogens is 602 g/mol. The van der Waals surface area contributed by atoms with Crippen LogP contribution in [0.3, 0.4) is 0 Å². The monoisotopic (exact) mass is 633 g/mol. The van der Waals surface area contributed by atoms with Crippen LogP contribution in [-0.2, 0) is 32.6 Å². The lowest BCUT2D eigenvalue weighted by Crippen LogP contribution is -2.54. The van der Waals surface area contributed by atoms with Crippen molar-refractivity contribution in [3.63, 3.8) is 0 Å². The Morgan fingerprint density at radius 1 is 0.974 bits per heavy atom. The van der Waals surface area contributed by atoms with Crippen LogP contribution in [0, 0.1) is 6.92 Å². The third-order valence-electron chi connectivity index (χ3n) is 6.05. The third-order valence-corrected chi connectivity index (χ3v) is 8.32. The summed E-state index contributed by atoms with van der Waals surface area (Å²) < 4.78 is 27.6. The van der Waals surface area contributed by atoms with E-state index in [9.17, 15) is 18.0 Å². The SMILES string of the molecule is Cc1cc(N(CC(=O)N(Cc2cccc(Cl)c2)[C@@H](Cc2ccccc2)C(=O)NC(C)C)S(C)(=O)=O)ccc1Br. The van der Waals surface area contributed by atoms with Gasteiger partial charge in [-0.2, -0.15) is 0 Å². The fourth-order valence-corrected chi connectivity index (χ4v) is 5.47. The van der Waals surface area contributed by atoms with Gasteiger partial charge in [-0.25, -0.2) is 8.42 Å². The van der Waals surface area contributed by atoms with Crippen LogP contribution in [0.25, 0.3) is 0 Å². The molecule has 0 aromatic heterocycles. The molecule has 1 N–H and O–H groups in total. The number of nitrogens with zero attached hydrogens (tertiary/aromatic N) is 2. The van der Waals surface area contributed by atoms with E-state index in [2.05, 4.69) is 21.2 Å². The molecule has 2 amide bonds. The van der Waals surface area contributed by atoms with E-state index in [1.54, 1.807) is 36.4 Å². The van der Waals surface area contributed by atoms with E-state index in [0.29, 0.717) is 10.7 Å². The maximum absolute atomic E-state index is 14.0. The Hall–Kier alpha value is -2.88. The number of anilines is 1. The number of sulfonamides is 1. The Bertz CT molecular complexity index is 1420. The summed E-state index contributed by atoms with van der Waals surface area (Å²) in [6.45, 7) is 5.14. The molecule has 10 heteroatoms. The van der Waals surface area contributed by atoms with Crippen molar-refractivity contribution in [1.29, 1.82) is 0 Å². The van der Waals surface area contributed by atoms with Crippen LogP contribution in [0.4, 0.5) is 5.69 Å². The molecule has 0 aliphatic heterocycles. The Morgan fingerprint density at radius 2 is 1.64 bits per heavy atom. The van der Waals surface area contributed by atoms with Gasteiger partial charge in [-0.05, 0) is 67.8 Å². The third kappa shape index (κ3) is 8.81. The molecule has 39 heavy (non-hydrogen) atoms. The molecule has 7 nitrogen and oxygen atoms in total. The molecule has 0 fully saturated rings. The Labute approximate surface area is 244 Å². The number of carbonyl (C=O) groups excluding carboxylic acids is 2. The second-order valence-electron chi connectivity index (χ2n) is 9.72. The Kier molecular flexibility index (Phi) is 10.6. The van der Waals surface area contributed by atoms with Gasteiger partial charge < -0.3 is 10.2 Å². The summed E-state index contributed by atoms with van der Waals surface area (Å²) in [6.07, 6.45) is 1.31. The van der Waals surface area contributed by atoms with Gasteiger partial charge in [0.25, 0.3) is 0 Å². The summed E-state index contributed by atoms with van der Waals surface area (Å²) in [5.41, 5.74) is 2.77. The van der Waals surface area contributed by atoms with Crippen molar-refractivity contribution in [3.05, 3.63) is 99.0 Å². The van der Waals surface area contributed by atoms with Gasteiger partial charge in [-0.1, -0.05) is 70.0 Å². The minimum absolute atomic E-state index is 0.0688. The van der Waals surface area contributed by atoms with E-state index in [-0.39, 0.29) is 24.9 Å². The summed E-state index contributed by atoms with van der Waals surface area (Å²) >= 11 is 9.66. The molecule has 3 rings (SSSR count). The lowest BCUT2D eigenvalue weighted by atomic mass is 10.0. The molecule has 3 aromatic rings. The molecule has 0 heterocycles. The molecule has 0 aliphatic carbocycles. The van der Waals surface area contributed by atoms with Crippen LogP contribution in [0.5, 0.6) is 0 Å². The summed E-state index contributed by atoms with van der Waals surface area (Å²) in [4.78, 5) is 29.0. The van der Waals surface area contributed by atoms with Crippen molar-refractivity contribution in [1.82, 2.24) is 10.2 Å². The van der Waals surface area contributed by atoms with Crippen LogP contribution in [0.15, 0.2) is 77.3 Å². The van der Waals surface area contributed by atoms with Gasteiger partial charge in [-0.15, -0.1) is 0 Å². The number of amides is 2. The molecule has 0 saturated heterocycles. The number of hydrogen-bond acceptors (Lipinski definition) is 4. The lowest BCUT2D eigenvalue weighted by molar-refractivity contribution is -0.140. The van der Waals surface area contributed by atoms with Gasteiger partial charge in [0.2, 0.25) is 21.8 Å². The molecule has 0 unspecified atom stereocenters. The predicted octanol–water partition coefficient (Wildman–Crippen LogP) is 5.34. The zero-order chi connectivity index (χ0) is 28.7. The van der Waals surface area contributed by atoms with Crippen LogP contribution in [0.1, 0.15) is 30.5 Å². The van der Waals surface area contributed by atoms with E-state index in [0.717, 1.165) is 31.7 Å². The smallest absolute Gasteiger partial charge is 0.244 e. The summed E-state index contributed by atoms with van der Waals surface area (Å²) in [5, 5.41) is 3.42. The van der Waals surface area contributed by atoms with Gasteiger partial charge in [0.15, 0.2) is 0 Å². The van der Waals surface area contributed by atoms with Gasteiger partial charge >= 0.3 is 0 Å². The van der Waals surface area contributed by atoms with Crippen LogP contribution >= 0.6 is 27.5 Å². The van der Waals surface area contributed by atoms with Gasteiger partial charge in [0.05, 0.1) is 11.9 Å². The molecule has 0 bridgehead atoms. The zero-order valence-corrected chi connectivity index (χ0v) is 25.6. The second-order valence-corrected chi connectivity index (χ2v) is 12.9. The Balaban J connectivity index is 2.07. The first-order chi connectivity index (χ1) is 18.3. The zero-order valence-electron chi connectivity index (χ0n) is 22.4. The largest absolute Gasteiger partial charge is 0.352 e. The minimum Gasteiger partial charge on any atom is -0.352 e. The summed E-state index contributed by atoms with van der Waals surface area (Å²) in [7, 11) is -3.83. The molecule has 3 aromatic carbocycles. The molecule has 0 saturated carbocycles. The first kappa shape index (κ1) is 30.7. The van der Waals surface area contributed by atoms with Crippen LogP contribution in [0.2, 0.25) is 5.02 Å². The first-order valence-electron chi connectivity index (χ1n) is 12.5. The normalized spacial score (nSPS) is 12.2. The number of carbonyl (C=O) groups is 2. The number of rotatable bonds is 11. The fraction of sp³-hybridized carbons (Fsp3) is 0.310. The lowest BCUT2D eigenvalue weighted by Gasteiger charge is -2.34. The number of hydrogen-bond donors (Lipinski definition) is 1. The molecule has 208 valence electrons. The van der Waals surface area contributed by atoms with Crippen molar-refractivity contribution in [2.75, 3.05) is 17.1 Å². The molecule has 1 atom stereocenters. The maximum Gasteiger partial charge on any atom is 0.244 e. The van der Waals surface area contributed by atoms with Gasteiger partial charge in [0, 0.05) is 28.5 Å².